The molecule has 0 radical (unpaired) electrons. The van der Waals surface area contributed by atoms with Crippen molar-refractivity contribution in [1.82, 2.24) is 19.8 Å². The molecule has 1 fully saturated rings. The Bertz CT molecular complexity index is 941. The number of carbonyl (C=O) groups is 1. The highest BCUT2D eigenvalue weighted by molar-refractivity contribution is 7.89. The molecule has 9 heteroatoms. The molecule has 152 valence electrons. The lowest BCUT2D eigenvalue weighted by molar-refractivity contribution is 0.0949. The Kier molecular flexibility index (Phi) is 5.85. The van der Waals surface area contributed by atoms with Crippen LogP contribution in [0.2, 0.25) is 0 Å². The van der Waals surface area contributed by atoms with Gasteiger partial charge in [0.2, 0.25) is 15.9 Å². The van der Waals surface area contributed by atoms with Gasteiger partial charge in [0.05, 0.1) is 11.4 Å². The minimum atomic E-state index is -3.58. The molecule has 0 atom stereocenters. The first-order valence-electron chi connectivity index (χ1n) is 9.39. The number of aromatic nitrogens is 2. The van der Waals surface area contributed by atoms with E-state index in [0.717, 1.165) is 19.3 Å². The first-order chi connectivity index (χ1) is 13.2. The Morgan fingerprint density at radius 1 is 1.21 bits per heavy atom. The third-order valence-electron chi connectivity index (χ3n) is 4.57. The Balaban J connectivity index is 1.69. The topological polar surface area (TPSA) is 105 Å². The molecule has 1 saturated heterocycles. The molecule has 1 amide bonds. The molecular formula is C19H26N4O4S. The predicted molar refractivity (Wildman–Crippen MR) is 103 cm³/mol. The van der Waals surface area contributed by atoms with Gasteiger partial charge < -0.3 is 9.84 Å². The lowest BCUT2D eigenvalue weighted by Crippen LogP contribution is -2.35. The number of carbonyl (C=O) groups excluding carboxylic acids is 1. The smallest absolute Gasteiger partial charge is 0.251 e. The van der Waals surface area contributed by atoms with E-state index in [-0.39, 0.29) is 22.4 Å². The van der Waals surface area contributed by atoms with Gasteiger partial charge in [-0.25, -0.2) is 8.42 Å². The SMILES string of the molecule is CC(C)(C)c1nc(CNC(=O)c2cccc(S(=O)(=O)N3CCCCC3)c2)no1. The van der Waals surface area contributed by atoms with Gasteiger partial charge in [0.15, 0.2) is 5.82 Å². The molecule has 0 spiro atoms. The van der Waals surface area contributed by atoms with Gasteiger partial charge >= 0.3 is 0 Å². The van der Waals surface area contributed by atoms with Crippen molar-refractivity contribution in [3.05, 3.63) is 41.5 Å². The first-order valence-corrected chi connectivity index (χ1v) is 10.8. The van der Waals surface area contributed by atoms with Crippen molar-refractivity contribution in [1.29, 1.82) is 0 Å². The average Bonchev–Trinajstić information content (AvgIpc) is 3.16. The standard InChI is InChI=1S/C19H26N4O4S/c1-19(2,3)18-21-16(22-27-18)13-20-17(24)14-8-7-9-15(12-14)28(25,26)23-10-5-4-6-11-23/h7-9,12H,4-6,10-11,13H2,1-3H3,(H,20,24). The largest absolute Gasteiger partial charge is 0.345 e. The van der Waals surface area contributed by atoms with Crippen molar-refractivity contribution < 1.29 is 17.7 Å². The molecule has 0 unspecified atom stereocenters. The van der Waals surface area contributed by atoms with Crippen LogP contribution in [0.3, 0.4) is 0 Å². The number of piperidine rings is 1. The summed E-state index contributed by atoms with van der Waals surface area (Å²) in [4.78, 5) is 16.9. The molecule has 2 heterocycles. The number of hydrogen-bond donors (Lipinski definition) is 1. The summed E-state index contributed by atoms with van der Waals surface area (Å²) in [6.07, 6.45) is 2.77. The molecule has 1 aromatic carbocycles. The van der Waals surface area contributed by atoms with E-state index in [9.17, 15) is 13.2 Å². The van der Waals surface area contributed by atoms with Gasteiger partial charge in [-0.1, -0.05) is 38.4 Å². The molecule has 1 N–H and O–H groups in total. The number of sulfonamides is 1. The van der Waals surface area contributed by atoms with Crippen LogP contribution >= 0.6 is 0 Å². The van der Waals surface area contributed by atoms with E-state index in [4.69, 9.17) is 4.52 Å². The summed E-state index contributed by atoms with van der Waals surface area (Å²) in [5, 5.41) is 6.57. The number of nitrogens with zero attached hydrogens (tertiary/aromatic N) is 3. The summed E-state index contributed by atoms with van der Waals surface area (Å²) >= 11 is 0. The van der Waals surface area contributed by atoms with E-state index in [2.05, 4.69) is 15.5 Å². The third-order valence-corrected chi connectivity index (χ3v) is 6.46. The van der Waals surface area contributed by atoms with Gasteiger partial charge in [-0.05, 0) is 31.0 Å². The molecule has 3 rings (SSSR count). The average molecular weight is 407 g/mol. The molecule has 1 aliphatic heterocycles. The predicted octanol–water partition coefficient (Wildman–Crippen LogP) is 2.47. The molecule has 8 nitrogen and oxygen atoms in total. The second kappa shape index (κ2) is 8.00. The Hall–Kier alpha value is -2.26. The summed E-state index contributed by atoms with van der Waals surface area (Å²) in [6.45, 7) is 7.01. The van der Waals surface area contributed by atoms with E-state index in [1.807, 2.05) is 20.8 Å². The summed E-state index contributed by atoms with van der Waals surface area (Å²) in [6, 6.07) is 6.10. The monoisotopic (exact) mass is 406 g/mol. The summed E-state index contributed by atoms with van der Waals surface area (Å²) in [5.74, 6) is 0.472. The lowest BCUT2D eigenvalue weighted by Gasteiger charge is -2.26. The maximum atomic E-state index is 12.8. The fraction of sp³-hybridized carbons (Fsp3) is 0.526. The Morgan fingerprint density at radius 3 is 2.57 bits per heavy atom. The van der Waals surface area contributed by atoms with E-state index < -0.39 is 15.9 Å². The highest BCUT2D eigenvalue weighted by Crippen LogP contribution is 2.22. The lowest BCUT2D eigenvalue weighted by atomic mass is 9.97. The van der Waals surface area contributed by atoms with Crippen LogP contribution in [0.25, 0.3) is 0 Å². The molecule has 0 bridgehead atoms. The molecule has 1 aromatic heterocycles. The van der Waals surface area contributed by atoms with Gasteiger partial charge in [-0.15, -0.1) is 0 Å². The van der Waals surface area contributed by atoms with Gasteiger partial charge in [0, 0.05) is 24.1 Å². The van der Waals surface area contributed by atoms with E-state index in [0.29, 0.717) is 24.8 Å². The minimum Gasteiger partial charge on any atom is -0.345 e. The summed E-state index contributed by atoms with van der Waals surface area (Å²) in [5.41, 5.74) is 0.00415. The Labute approximate surface area is 165 Å². The summed E-state index contributed by atoms with van der Waals surface area (Å²) in [7, 11) is -3.58. The van der Waals surface area contributed by atoms with E-state index in [1.165, 1.54) is 16.4 Å². The summed E-state index contributed by atoms with van der Waals surface area (Å²) < 4.78 is 32.3. The zero-order chi connectivity index (χ0) is 20.4. The maximum absolute atomic E-state index is 12.8. The molecule has 0 aliphatic carbocycles. The van der Waals surface area contributed by atoms with E-state index >= 15 is 0 Å². The number of nitrogens with one attached hydrogen (secondary N) is 1. The number of amides is 1. The highest BCUT2D eigenvalue weighted by atomic mass is 32.2. The molecule has 28 heavy (non-hydrogen) atoms. The fourth-order valence-electron chi connectivity index (χ4n) is 2.94. The van der Waals surface area contributed by atoms with Crippen molar-refractivity contribution in [2.45, 2.75) is 56.9 Å². The van der Waals surface area contributed by atoms with Gasteiger partial charge in [-0.2, -0.15) is 9.29 Å². The van der Waals surface area contributed by atoms with Gasteiger partial charge in [0.25, 0.3) is 5.91 Å². The molecule has 1 aliphatic rings. The Morgan fingerprint density at radius 2 is 1.93 bits per heavy atom. The van der Waals surface area contributed by atoms with Crippen LogP contribution in [-0.4, -0.2) is 41.9 Å². The third kappa shape index (κ3) is 4.59. The van der Waals surface area contributed by atoms with Crippen LogP contribution < -0.4 is 5.32 Å². The second-order valence-electron chi connectivity index (χ2n) is 7.94. The van der Waals surface area contributed by atoms with Crippen LogP contribution in [0.15, 0.2) is 33.7 Å². The van der Waals surface area contributed by atoms with Crippen LogP contribution in [0.1, 0.15) is 62.1 Å². The first kappa shape index (κ1) is 20.5. The number of hydrogen-bond acceptors (Lipinski definition) is 6. The zero-order valence-corrected chi connectivity index (χ0v) is 17.3. The molecule has 0 saturated carbocycles. The van der Waals surface area contributed by atoms with E-state index in [1.54, 1.807) is 12.1 Å². The van der Waals surface area contributed by atoms with Crippen molar-refractivity contribution in [2.75, 3.05) is 13.1 Å². The number of rotatable bonds is 5. The second-order valence-corrected chi connectivity index (χ2v) is 9.88. The fourth-order valence-corrected chi connectivity index (χ4v) is 4.51. The van der Waals surface area contributed by atoms with Crippen molar-refractivity contribution >= 4 is 15.9 Å². The van der Waals surface area contributed by atoms with Gasteiger partial charge in [-0.3, -0.25) is 4.79 Å². The van der Waals surface area contributed by atoms with Crippen molar-refractivity contribution in [3.63, 3.8) is 0 Å². The molecular weight excluding hydrogens is 380 g/mol. The van der Waals surface area contributed by atoms with Crippen LogP contribution in [0, 0.1) is 0 Å². The number of benzene rings is 1. The quantitative estimate of drug-likeness (QED) is 0.818. The normalized spacial score (nSPS) is 16.1. The zero-order valence-electron chi connectivity index (χ0n) is 16.4. The van der Waals surface area contributed by atoms with Crippen LogP contribution in [0.4, 0.5) is 0 Å². The van der Waals surface area contributed by atoms with Crippen LogP contribution in [-0.2, 0) is 22.0 Å². The molecule has 2 aromatic rings. The maximum Gasteiger partial charge on any atom is 0.251 e. The van der Waals surface area contributed by atoms with Crippen molar-refractivity contribution in [2.24, 2.45) is 0 Å². The van der Waals surface area contributed by atoms with Crippen molar-refractivity contribution in [3.8, 4) is 0 Å². The minimum absolute atomic E-state index is 0.0987. The van der Waals surface area contributed by atoms with Crippen LogP contribution in [0.5, 0.6) is 0 Å². The highest BCUT2D eigenvalue weighted by Gasteiger charge is 2.26. The van der Waals surface area contributed by atoms with Gasteiger partial charge in [0.1, 0.15) is 0 Å².